The molecule has 2 aliphatic rings. The lowest BCUT2D eigenvalue weighted by atomic mass is 10.1. The number of ether oxygens (including phenoxy) is 2. The van der Waals surface area contributed by atoms with Crippen LogP contribution in [0.3, 0.4) is 0 Å². The normalized spacial score (nSPS) is 38.4. The van der Waals surface area contributed by atoms with E-state index in [0.29, 0.717) is 0 Å². The maximum absolute atomic E-state index is 12.1. The van der Waals surface area contributed by atoms with E-state index in [-0.39, 0.29) is 13.2 Å². The lowest BCUT2D eigenvalue weighted by Gasteiger charge is -2.17. The second-order valence-corrected chi connectivity index (χ2v) is 5.26. The summed E-state index contributed by atoms with van der Waals surface area (Å²) in [5.41, 5.74) is -5.48. The lowest BCUT2D eigenvalue weighted by molar-refractivity contribution is -0.0629. The molecule has 4 atom stereocenters. The molecule has 17 heavy (non-hydrogen) atoms. The predicted molar refractivity (Wildman–Crippen MR) is 45.3 cm³/mol. The highest BCUT2D eigenvalue weighted by atomic mass is 32.2. The monoisotopic (exact) mass is 278 g/mol. The molecule has 0 aromatic carbocycles. The first kappa shape index (κ1) is 13.0. The Morgan fingerprint density at radius 2 is 1.76 bits per heavy atom. The molecule has 0 spiro atoms. The maximum atomic E-state index is 12.1. The van der Waals surface area contributed by atoms with E-state index < -0.39 is 40.0 Å². The SMILES string of the molecule is O=S(=O)(OC1COC2C(O)COC12)C(F)(F)F. The van der Waals surface area contributed by atoms with Gasteiger partial charge in [-0.1, -0.05) is 0 Å². The van der Waals surface area contributed by atoms with Crippen molar-refractivity contribution >= 4 is 10.1 Å². The molecule has 100 valence electrons. The number of fused-ring (bicyclic) bond motifs is 1. The van der Waals surface area contributed by atoms with Crippen molar-refractivity contribution in [2.24, 2.45) is 0 Å². The third-order valence-corrected chi connectivity index (χ3v) is 3.58. The van der Waals surface area contributed by atoms with Gasteiger partial charge in [-0.05, 0) is 0 Å². The number of rotatable bonds is 2. The summed E-state index contributed by atoms with van der Waals surface area (Å²) in [6.07, 6.45) is -4.21. The third kappa shape index (κ3) is 2.27. The van der Waals surface area contributed by atoms with Crippen LogP contribution in [0, 0.1) is 0 Å². The predicted octanol–water partition coefficient (Wildman–Crippen LogP) is -0.620. The van der Waals surface area contributed by atoms with E-state index in [1.54, 1.807) is 0 Å². The van der Waals surface area contributed by atoms with Crippen LogP contribution in [0.1, 0.15) is 0 Å². The second-order valence-electron chi connectivity index (χ2n) is 3.70. The molecule has 6 nitrogen and oxygen atoms in total. The number of halogens is 3. The molecule has 0 aromatic rings. The molecule has 2 fully saturated rings. The quantitative estimate of drug-likeness (QED) is 0.535. The Balaban J connectivity index is 2.07. The molecule has 0 bridgehead atoms. The first-order valence-electron chi connectivity index (χ1n) is 4.63. The van der Waals surface area contributed by atoms with E-state index in [4.69, 9.17) is 9.47 Å². The van der Waals surface area contributed by atoms with Gasteiger partial charge in [0.1, 0.15) is 24.4 Å². The summed E-state index contributed by atoms with van der Waals surface area (Å²) in [5, 5.41) is 9.30. The van der Waals surface area contributed by atoms with Gasteiger partial charge in [-0.15, -0.1) is 0 Å². The number of alkyl halides is 3. The number of aliphatic hydroxyl groups excluding tert-OH is 1. The zero-order valence-electron chi connectivity index (χ0n) is 8.25. The van der Waals surface area contributed by atoms with E-state index in [0.717, 1.165) is 0 Å². The van der Waals surface area contributed by atoms with Crippen molar-refractivity contribution < 1.29 is 40.4 Å². The summed E-state index contributed by atoms with van der Waals surface area (Å²) < 4.78 is 71.6. The standard InChI is InChI=1S/C7H9F3O6S/c8-7(9,10)17(12,13)16-4-2-15-5-3(11)1-14-6(4)5/h3-6,11H,1-2H2. The van der Waals surface area contributed by atoms with E-state index >= 15 is 0 Å². The smallest absolute Gasteiger partial charge is 0.388 e. The van der Waals surface area contributed by atoms with Gasteiger partial charge in [-0.25, -0.2) is 0 Å². The lowest BCUT2D eigenvalue weighted by Crippen LogP contribution is -2.37. The van der Waals surface area contributed by atoms with Crippen LogP contribution in [0.5, 0.6) is 0 Å². The van der Waals surface area contributed by atoms with Crippen LogP contribution in [0.4, 0.5) is 13.2 Å². The first-order valence-corrected chi connectivity index (χ1v) is 6.04. The molecule has 0 radical (unpaired) electrons. The van der Waals surface area contributed by atoms with Gasteiger partial charge in [0.15, 0.2) is 0 Å². The summed E-state index contributed by atoms with van der Waals surface area (Å²) in [6.45, 7) is -0.497. The van der Waals surface area contributed by atoms with E-state index in [9.17, 15) is 26.7 Å². The average Bonchev–Trinajstić information content (AvgIpc) is 2.70. The fraction of sp³-hybridized carbons (Fsp3) is 1.00. The maximum Gasteiger partial charge on any atom is 0.523 e. The molecule has 2 saturated heterocycles. The van der Waals surface area contributed by atoms with Crippen LogP contribution in [-0.2, 0) is 23.8 Å². The van der Waals surface area contributed by atoms with Crippen LogP contribution in [0.2, 0.25) is 0 Å². The number of aliphatic hydroxyl groups is 1. The minimum Gasteiger partial charge on any atom is -0.388 e. The fourth-order valence-electron chi connectivity index (χ4n) is 1.74. The summed E-state index contributed by atoms with van der Waals surface area (Å²) in [6, 6.07) is 0. The highest BCUT2D eigenvalue weighted by Gasteiger charge is 2.54. The van der Waals surface area contributed by atoms with Gasteiger partial charge in [0.25, 0.3) is 0 Å². The second kappa shape index (κ2) is 4.05. The van der Waals surface area contributed by atoms with Crippen molar-refractivity contribution in [2.45, 2.75) is 29.9 Å². The molecule has 1 N–H and O–H groups in total. The first-order chi connectivity index (χ1) is 7.72. The number of hydrogen-bond donors (Lipinski definition) is 1. The molecule has 0 saturated carbocycles. The molecule has 10 heteroatoms. The Morgan fingerprint density at radius 3 is 2.35 bits per heavy atom. The average molecular weight is 278 g/mol. The van der Waals surface area contributed by atoms with Gasteiger partial charge in [-0.2, -0.15) is 21.6 Å². The molecular weight excluding hydrogens is 269 g/mol. The summed E-state index contributed by atoms with van der Waals surface area (Å²) in [7, 11) is -5.68. The van der Waals surface area contributed by atoms with Gasteiger partial charge >= 0.3 is 15.6 Å². The molecule has 2 heterocycles. The van der Waals surface area contributed by atoms with Crippen molar-refractivity contribution in [1.82, 2.24) is 0 Å². The molecular formula is C7H9F3O6S. The van der Waals surface area contributed by atoms with Gasteiger partial charge in [-0.3, -0.25) is 4.18 Å². The molecule has 0 amide bonds. The summed E-state index contributed by atoms with van der Waals surface area (Å²) in [5.74, 6) is 0. The Labute approximate surface area is 94.4 Å². The van der Waals surface area contributed by atoms with E-state index in [2.05, 4.69) is 4.18 Å². The topological polar surface area (TPSA) is 82.1 Å². The van der Waals surface area contributed by atoms with Crippen LogP contribution in [0.15, 0.2) is 0 Å². The van der Waals surface area contributed by atoms with E-state index in [1.807, 2.05) is 0 Å². The van der Waals surface area contributed by atoms with Gasteiger partial charge in [0.2, 0.25) is 0 Å². The summed E-state index contributed by atoms with van der Waals surface area (Å²) in [4.78, 5) is 0. The summed E-state index contributed by atoms with van der Waals surface area (Å²) >= 11 is 0. The molecule has 2 aliphatic heterocycles. The van der Waals surface area contributed by atoms with Crippen molar-refractivity contribution in [1.29, 1.82) is 0 Å². The van der Waals surface area contributed by atoms with Crippen LogP contribution >= 0.6 is 0 Å². The van der Waals surface area contributed by atoms with Gasteiger partial charge in [0.05, 0.1) is 13.2 Å². The van der Waals surface area contributed by atoms with Crippen molar-refractivity contribution in [2.75, 3.05) is 13.2 Å². The Bertz CT molecular complexity index is 393. The Kier molecular flexibility index (Phi) is 3.11. The highest BCUT2D eigenvalue weighted by Crippen LogP contribution is 2.33. The number of hydrogen-bond acceptors (Lipinski definition) is 6. The Morgan fingerprint density at radius 1 is 1.18 bits per heavy atom. The Hall–Kier alpha value is -0.420. The largest absolute Gasteiger partial charge is 0.523 e. The minimum atomic E-state index is -5.68. The van der Waals surface area contributed by atoms with Crippen molar-refractivity contribution in [3.8, 4) is 0 Å². The molecule has 4 unspecified atom stereocenters. The fourth-order valence-corrected chi connectivity index (χ4v) is 2.34. The van der Waals surface area contributed by atoms with Gasteiger partial charge < -0.3 is 14.6 Å². The van der Waals surface area contributed by atoms with Crippen molar-refractivity contribution in [3.05, 3.63) is 0 Å². The van der Waals surface area contributed by atoms with Crippen LogP contribution in [-0.4, -0.2) is 56.7 Å². The zero-order chi connectivity index (χ0) is 12.8. The molecule has 0 aliphatic carbocycles. The van der Waals surface area contributed by atoms with Crippen LogP contribution in [0.25, 0.3) is 0 Å². The highest BCUT2D eigenvalue weighted by molar-refractivity contribution is 7.87. The molecule has 2 rings (SSSR count). The minimum absolute atomic E-state index is 0.124. The van der Waals surface area contributed by atoms with Crippen molar-refractivity contribution in [3.63, 3.8) is 0 Å². The van der Waals surface area contributed by atoms with Crippen LogP contribution < -0.4 is 0 Å². The third-order valence-electron chi connectivity index (χ3n) is 2.52. The zero-order valence-corrected chi connectivity index (χ0v) is 9.07. The van der Waals surface area contributed by atoms with Gasteiger partial charge in [0, 0.05) is 0 Å². The van der Waals surface area contributed by atoms with E-state index in [1.165, 1.54) is 0 Å². The molecule has 0 aromatic heterocycles.